The lowest BCUT2D eigenvalue weighted by molar-refractivity contribution is -0.122. The first kappa shape index (κ1) is 18.0. The van der Waals surface area contributed by atoms with Gasteiger partial charge in [0.15, 0.2) is 0 Å². The zero-order valence-corrected chi connectivity index (χ0v) is 15.3. The fraction of sp³-hybridized carbons (Fsp3) is 0.444. The largest absolute Gasteiger partial charge is 0.508 e. The molecule has 0 bridgehead atoms. The summed E-state index contributed by atoms with van der Waals surface area (Å²) in [5.41, 5.74) is 0.809. The molecule has 5 heteroatoms. The van der Waals surface area contributed by atoms with Crippen molar-refractivity contribution in [1.82, 2.24) is 4.90 Å². The van der Waals surface area contributed by atoms with Crippen LogP contribution in [0.5, 0.6) is 5.75 Å². The Labute approximate surface area is 147 Å². The van der Waals surface area contributed by atoms with Crippen LogP contribution < -0.4 is 0 Å². The average molecular weight is 350 g/mol. The van der Waals surface area contributed by atoms with Crippen LogP contribution >= 0.6 is 24.0 Å². The van der Waals surface area contributed by atoms with Gasteiger partial charge in [0.2, 0.25) is 0 Å². The molecule has 0 radical (unpaired) electrons. The highest BCUT2D eigenvalue weighted by atomic mass is 32.2. The van der Waals surface area contributed by atoms with Crippen LogP contribution in [-0.4, -0.2) is 26.8 Å². The van der Waals surface area contributed by atoms with Crippen molar-refractivity contribution < 1.29 is 9.90 Å². The van der Waals surface area contributed by atoms with Gasteiger partial charge in [-0.15, -0.1) is 0 Å². The zero-order valence-electron chi connectivity index (χ0n) is 13.6. The Morgan fingerprint density at radius 1 is 1.39 bits per heavy atom. The van der Waals surface area contributed by atoms with Gasteiger partial charge in [-0.05, 0) is 36.1 Å². The fourth-order valence-corrected chi connectivity index (χ4v) is 3.87. The molecule has 1 saturated heterocycles. The molecule has 0 spiro atoms. The van der Waals surface area contributed by atoms with Gasteiger partial charge in [-0.25, -0.2) is 0 Å². The van der Waals surface area contributed by atoms with Crippen molar-refractivity contribution in [3.8, 4) is 5.75 Å². The summed E-state index contributed by atoms with van der Waals surface area (Å²) in [5.74, 6) is 0.677. The van der Waals surface area contributed by atoms with Crippen LogP contribution in [0.1, 0.15) is 45.1 Å². The Kier molecular flexibility index (Phi) is 6.66. The molecule has 1 aromatic carbocycles. The highest BCUT2D eigenvalue weighted by molar-refractivity contribution is 8.26. The van der Waals surface area contributed by atoms with Gasteiger partial charge in [0.05, 0.1) is 4.91 Å². The minimum Gasteiger partial charge on any atom is -0.508 e. The van der Waals surface area contributed by atoms with Crippen LogP contribution in [0.25, 0.3) is 6.08 Å². The average Bonchev–Trinajstić information content (AvgIpc) is 2.78. The predicted molar refractivity (Wildman–Crippen MR) is 101 cm³/mol. The minimum absolute atomic E-state index is 0.0155. The summed E-state index contributed by atoms with van der Waals surface area (Å²) in [7, 11) is 0. The molecule has 1 aromatic rings. The summed E-state index contributed by atoms with van der Waals surface area (Å²) in [6, 6.07) is 6.88. The monoisotopic (exact) mass is 349 g/mol. The van der Waals surface area contributed by atoms with Crippen LogP contribution in [0.15, 0.2) is 29.2 Å². The lowest BCUT2D eigenvalue weighted by Crippen LogP contribution is -2.33. The van der Waals surface area contributed by atoms with Gasteiger partial charge in [0, 0.05) is 6.54 Å². The smallest absolute Gasteiger partial charge is 0.266 e. The van der Waals surface area contributed by atoms with E-state index in [1.165, 1.54) is 24.6 Å². The van der Waals surface area contributed by atoms with E-state index in [4.69, 9.17) is 12.2 Å². The summed E-state index contributed by atoms with van der Waals surface area (Å²) in [6.45, 7) is 5.06. The molecule has 0 saturated carbocycles. The van der Waals surface area contributed by atoms with Gasteiger partial charge in [0.25, 0.3) is 5.91 Å². The van der Waals surface area contributed by atoms with Crippen molar-refractivity contribution in [2.45, 2.75) is 39.5 Å². The first-order valence-corrected chi connectivity index (χ1v) is 9.32. The lowest BCUT2D eigenvalue weighted by Gasteiger charge is -2.21. The molecule has 0 aromatic heterocycles. The van der Waals surface area contributed by atoms with E-state index >= 15 is 0 Å². The van der Waals surface area contributed by atoms with Gasteiger partial charge in [-0.2, -0.15) is 0 Å². The second-order valence-electron chi connectivity index (χ2n) is 5.80. The maximum atomic E-state index is 12.6. The molecule has 1 atom stereocenters. The fourth-order valence-electron chi connectivity index (χ4n) is 2.60. The quantitative estimate of drug-likeness (QED) is 0.566. The van der Waals surface area contributed by atoms with Crippen LogP contribution in [0.4, 0.5) is 0 Å². The van der Waals surface area contributed by atoms with Crippen LogP contribution in [-0.2, 0) is 4.79 Å². The van der Waals surface area contributed by atoms with Crippen LogP contribution in [0.3, 0.4) is 0 Å². The third-order valence-corrected chi connectivity index (χ3v) is 5.40. The Balaban J connectivity index is 2.10. The number of hydrogen-bond donors (Lipinski definition) is 1. The van der Waals surface area contributed by atoms with E-state index in [9.17, 15) is 9.90 Å². The van der Waals surface area contributed by atoms with Gasteiger partial charge in [-0.3, -0.25) is 9.69 Å². The number of unbranched alkanes of at least 4 members (excludes halogenated alkanes) is 1. The minimum atomic E-state index is -0.0155. The summed E-state index contributed by atoms with van der Waals surface area (Å²) in [4.78, 5) is 15.0. The summed E-state index contributed by atoms with van der Waals surface area (Å²) in [6.07, 6.45) is 6.35. The number of nitrogens with zero attached hydrogens (tertiary/aromatic N) is 1. The standard InChI is InChI=1S/C18H23NO2S2/c1-3-5-7-13(4-2)12-19-17(21)16(23-18(19)22)11-14-8-6-9-15(20)10-14/h6,8-11,13,20H,3-5,7,12H2,1-2H3/b16-11-. The van der Waals surface area contributed by atoms with Crippen LogP contribution in [0.2, 0.25) is 0 Å². The second kappa shape index (κ2) is 8.50. The number of thiocarbonyl (C=S) groups is 1. The molecule has 1 unspecified atom stereocenters. The molecule has 124 valence electrons. The Bertz CT molecular complexity index is 613. The van der Waals surface area contributed by atoms with E-state index in [-0.39, 0.29) is 11.7 Å². The number of aromatic hydroxyl groups is 1. The topological polar surface area (TPSA) is 40.5 Å². The summed E-state index contributed by atoms with van der Waals surface area (Å²) in [5, 5.41) is 9.53. The van der Waals surface area contributed by atoms with Gasteiger partial charge >= 0.3 is 0 Å². The van der Waals surface area contributed by atoms with Crippen molar-refractivity contribution in [3.05, 3.63) is 34.7 Å². The van der Waals surface area contributed by atoms with Gasteiger partial charge < -0.3 is 5.11 Å². The highest BCUT2D eigenvalue weighted by Gasteiger charge is 2.33. The molecule has 1 heterocycles. The number of rotatable bonds is 7. The molecular weight excluding hydrogens is 326 g/mol. The van der Waals surface area contributed by atoms with Crippen molar-refractivity contribution in [1.29, 1.82) is 0 Å². The number of carbonyl (C=O) groups excluding carboxylic acids is 1. The van der Waals surface area contributed by atoms with Crippen molar-refractivity contribution in [3.63, 3.8) is 0 Å². The number of phenolic OH excluding ortho intramolecular Hbond substituents is 1. The molecule has 1 aliphatic rings. The number of hydrogen-bond acceptors (Lipinski definition) is 4. The van der Waals surface area contributed by atoms with Crippen molar-refractivity contribution in [2.24, 2.45) is 5.92 Å². The Hall–Kier alpha value is -1.33. The van der Waals surface area contributed by atoms with Gasteiger partial charge in [0.1, 0.15) is 10.1 Å². The Morgan fingerprint density at radius 3 is 2.83 bits per heavy atom. The van der Waals surface area contributed by atoms with Crippen molar-refractivity contribution in [2.75, 3.05) is 6.54 Å². The van der Waals surface area contributed by atoms with E-state index in [2.05, 4.69) is 13.8 Å². The zero-order chi connectivity index (χ0) is 16.8. The first-order chi connectivity index (χ1) is 11.0. The molecule has 1 fully saturated rings. The maximum absolute atomic E-state index is 12.6. The normalized spacial score (nSPS) is 18.0. The van der Waals surface area contributed by atoms with Gasteiger partial charge in [-0.1, -0.05) is 69.2 Å². The molecule has 1 amide bonds. The molecule has 1 N–H and O–H groups in total. The molecule has 2 rings (SSSR count). The molecule has 1 aliphatic heterocycles. The number of amides is 1. The van der Waals surface area contributed by atoms with Crippen molar-refractivity contribution >= 4 is 40.3 Å². The maximum Gasteiger partial charge on any atom is 0.266 e. The highest BCUT2D eigenvalue weighted by Crippen LogP contribution is 2.34. The molecule has 3 nitrogen and oxygen atoms in total. The van der Waals surface area contributed by atoms with E-state index < -0.39 is 0 Å². The molecule has 23 heavy (non-hydrogen) atoms. The third kappa shape index (κ3) is 4.82. The summed E-state index contributed by atoms with van der Waals surface area (Å²) >= 11 is 6.74. The van der Waals surface area contributed by atoms with E-state index in [1.807, 2.05) is 6.07 Å². The summed E-state index contributed by atoms with van der Waals surface area (Å²) < 4.78 is 0.636. The number of carbonyl (C=O) groups is 1. The predicted octanol–water partition coefficient (Wildman–Crippen LogP) is 4.81. The number of benzene rings is 1. The molecular formula is C18H23NO2S2. The number of phenols is 1. The second-order valence-corrected chi connectivity index (χ2v) is 7.48. The molecule has 0 aliphatic carbocycles. The lowest BCUT2D eigenvalue weighted by atomic mass is 9.99. The van der Waals surface area contributed by atoms with E-state index in [1.54, 1.807) is 29.2 Å². The Morgan fingerprint density at radius 2 is 2.17 bits per heavy atom. The number of thioether (sulfide) groups is 1. The third-order valence-electron chi connectivity index (χ3n) is 4.03. The van der Waals surface area contributed by atoms with E-state index in [0.717, 1.165) is 18.4 Å². The SMILES string of the molecule is CCCCC(CC)CN1C(=O)/C(=C/c2cccc(O)c2)SC1=S. The first-order valence-electron chi connectivity index (χ1n) is 8.09. The van der Waals surface area contributed by atoms with Crippen LogP contribution in [0, 0.1) is 5.92 Å². The van der Waals surface area contributed by atoms with E-state index in [0.29, 0.717) is 21.7 Å².